The first-order valence-corrected chi connectivity index (χ1v) is 8.20. The molecule has 0 spiro atoms. The minimum absolute atomic E-state index is 0.120. The number of aliphatic hydroxyl groups excluding tert-OH is 2. The lowest BCUT2D eigenvalue weighted by Crippen LogP contribution is -2.62. The van der Waals surface area contributed by atoms with Crippen molar-refractivity contribution in [3.05, 3.63) is 54.0 Å². The van der Waals surface area contributed by atoms with Gasteiger partial charge in [0.2, 0.25) is 12.6 Å². The molecule has 8 nitrogen and oxygen atoms in total. The smallest absolute Gasteiger partial charge is 0.229 e. The molecule has 1 aromatic carbocycles. The SMILES string of the molecule is O=Cc1ccccc1OC1OC2COC(c3ccco3)OC2C(O)C1O. The fourth-order valence-electron chi connectivity index (χ4n) is 3.05. The molecule has 1 aromatic heterocycles. The Balaban J connectivity index is 1.48. The number of aldehydes is 1. The van der Waals surface area contributed by atoms with E-state index in [9.17, 15) is 15.0 Å². The monoisotopic (exact) mass is 362 g/mol. The van der Waals surface area contributed by atoms with Crippen molar-refractivity contribution in [1.82, 2.24) is 0 Å². The maximum absolute atomic E-state index is 11.1. The minimum Gasteiger partial charge on any atom is -0.464 e. The van der Waals surface area contributed by atoms with Crippen LogP contribution in [0.1, 0.15) is 22.4 Å². The normalized spacial score (nSPS) is 34.1. The summed E-state index contributed by atoms with van der Waals surface area (Å²) in [5, 5.41) is 20.9. The minimum atomic E-state index is -1.37. The van der Waals surface area contributed by atoms with E-state index < -0.39 is 37.0 Å². The highest BCUT2D eigenvalue weighted by Gasteiger charge is 2.50. The van der Waals surface area contributed by atoms with Gasteiger partial charge in [0.25, 0.3) is 0 Å². The predicted octanol–water partition coefficient (Wildman–Crippen LogP) is 1.03. The number of fused-ring (bicyclic) bond motifs is 1. The molecule has 2 aliphatic rings. The number of carbonyl (C=O) groups excluding carboxylic acids is 1. The molecule has 2 aliphatic heterocycles. The van der Waals surface area contributed by atoms with Gasteiger partial charge in [-0.1, -0.05) is 12.1 Å². The summed E-state index contributed by atoms with van der Waals surface area (Å²) < 4.78 is 27.8. The van der Waals surface area contributed by atoms with Gasteiger partial charge in [-0.25, -0.2) is 0 Å². The van der Waals surface area contributed by atoms with Crippen molar-refractivity contribution in [3.63, 3.8) is 0 Å². The van der Waals surface area contributed by atoms with Crippen LogP contribution >= 0.6 is 0 Å². The number of furan rings is 1. The molecule has 0 amide bonds. The quantitative estimate of drug-likeness (QED) is 0.777. The molecule has 3 heterocycles. The van der Waals surface area contributed by atoms with Crippen LogP contribution in [-0.2, 0) is 14.2 Å². The predicted molar refractivity (Wildman–Crippen MR) is 85.4 cm³/mol. The summed E-state index contributed by atoms with van der Waals surface area (Å²) in [6.45, 7) is 0.120. The molecular formula is C18H18O8. The van der Waals surface area contributed by atoms with E-state index in [4.69, 9.17) is 23.4 Å². The third-order valence-electron chi connectivity index (χ3n) is 4.40. The molecule has 0 radical (unpaired) electrons. The van der Waals surface area contributed by atoms with E-state index in [-0.39, 0.29) is 12.4 Å². The van der Waals surface area contributed by atoms with Crippen molar-refractivity contribution in [2.75, 3.05) is 6.61 Å². The molecule has 26 heavy (non-hydrogen) atoms. The van der Waals surface area contributed by atoms with Gasteiger partial charge in [0, 0.05) is 0 Å². The first kappa shape index (κ1) is 17.2. The Morgan fingerprint density at radius 3 is 2.69 bits per heavy atom. The van der Waals surface area contributed by atoms with Crippen LogP contribution in [0.2, 0.25) is 0 Å². The number of rotatable bonds is 4. The van der Waals surface area contributed by atoms with Crippen LogP contribution in [0.25, 0.3) is 0 Å². The Bertz CT molecular complexity index is 743. The number of para-hydroxylation sites is 1. The zero-order chi connectivity index (χ0) is 18.1. The molecule has 6 unspecified atom stereocenters. The van der Waals surface area contributed by atoms with Crippen molar-refractivity contribution in [3.8, 4) is 5.75 Å². The van der Waals surface area contributed by atoms with Crippen molar-refractivity contribution in [2.24, 2.45) is 0 Å². The largest absolute Gasteiger partial charge is 0.464 e. The Morgan fingerprint density at radius 1 is 1.08 bits per heavy atom. The van der Waals surface area contributed by atoms with Gasteiger partial charge < -0.3 is 33.6 Å². The highest BCUT2D eigenvalue weighted by Crippen LogP contribution is 2.35. The van der Waals surface area contributed by atoms with E-state index >= 15 is 0 Å². The van der Waals surface area contributed by atoms with Gasteiger partial charge in [-0.3, -0.25) is 4.79 Å². The van der Waals surface area contributed by atoms with Gasteiger partial charge in [0.15, 0.2) is 12.0 Å². The summed E-state index contributed by atoms with van der Waals surface area (Å²) in [4.78, 5) is 11.1. The van der Waals surface area contributed by atoms with Gasteiger partial charge in [-0.2, -0.15) is 0 Å². The van der Waals surface area contributed by atoms with Crippen molar-refractivity contribution < 1.29 is 38.4 Å². The highest BCUT2D eigenvalue weighted by molar-refractivity contribution is 5.79. The van der Waals surface area contributed by atoms with Crippen LogP contribution in [0.5, 0.6) is 5.75 Å². The Hall–Kier alpha value is -2.23. The maximum Gasteiger partial charge on any atom is 0.229 e. The van der Waals surface area contributed by atoms with Crippen molar-refractivity contribution >= 4 is 6.29 Å². The number of carbonyl (C=O) groups is 1. The van der Waals surface area contributed by atoms with Gasteiger partial charge in [0.05, 0.1) is 18.4 Å². The third kappa shape index (κ3) is 3.13. The van der Waals surface area contributed by atoms with E-state index in [1.54, 1.807) is 36.4 Å². The topological polar surface area (TPSA) is 108 Å². The van der Waals surface area contributed by atoms with E-state index in [2.05, 4.69) is 0 Å². The van der Waals surface area contributed by atoms with Crippen molar-refractivity contribution in [1.29, 1.82) is 0 Å². The molecule has 4 rings (SSSR count). The second kappa shape index (κ2) is 7.18. The first-order chi connectivity index (χ1) is 12.7. The fourth-order valence-corrected chi connectivity index (χ4v) is 3.05. The maximum atomic E-state index is 11.1. The van der Waals surface area contributed by atoms with Crippen LogP contribution in [-0.4, -0.2) is 53.8 Å². The zero-order valence-corrected chi connectivity index (χ0v) is 13.6. The average Bonchev–Trinajstić information content (AvgIpc) is 3.21. The Labute approximate surface area is 148 Å². The molecule has 2 fully saturated rings. The molecular weight excluding hydrogens is 344 g/mol. The molecule has 0 saturated carbocycles. The lowest BCUT2D eigenvalue weighted by molar-refractivity contribution is -0.352. The molecule has 8 heteroatoms. The molecule has 0 bridgehead atoms. The number of hydrogen-bond acceptors (Lipinski definition) is 8. The Morgan fingerprint density at radius 2 is 1.92 bits per heavy atom. The summed E-state index contributed by atoms with van der Waals surface area (Å²) in [6, 6.07) is 9.94. The van der Waals surface area contributed by atoms with E-state index in [0.717, 1.165) is 0 Å². The first-order valence-electron chi connectivity index (χ1n) is 8.20. The van der Waals surface area contributed by atoms with Crippen molar-refractivity contribution in [2.45, 2.75) is 37.0 Å². The van der Waals surface area contributed by atoms with E-state index in [0.29, 0.717) is 17.6 Å². The molecule has 138 valence electrons. The summed E-state index contributed by atoms with van der Waals surface area (Å²) in [5.74, 6) is 0.715. The lowest BCUT2D eigenvalue weighted by atomic mass is 9.98. The number of aliphatic hydroxyl groups is 2. The summed E-state index contributed by atoms with van der Waals surface area (Å²) in [6.07, 6.45) is -3.90. The molecule has 6 atom stereocenters. The number of hydrogen-bond donors (Lipinski definition) is 2. The second-order valence-electron chi connectivity index (χ2n) is 6.08. The lowest BCUT2D eigenvalue weighted by Gasteiger charge is -2.45. The second-order valence-corrected chi connectivity index (χ2v) is 6.08. The molecule has 0 aliphatic carbocycles. The number of benzene rings is 1. The summed E-state index contributed by atoms with van der Waals surface area (Å²) in [7, 11) is 0. The molecule has 2 saturated heterocycles. The fraction of sp³-hybridized carbons (Fsp3) is 0.389. The van der Waals surface area contributed by atoms with Gasteiger partial charge in [0.1, 0.15) is 30.2 Å². The third-order valence-corrected chi connectivity index (χ3v) is 4.40. The highest BCUT2D eigenvalue weighted by atomic mass is 16.8. The van der Waals surface area contributed by atoms with Gasteiger partial charge in [-0.15, -0.1) is 0 Å². The van der Waals surface area contributed by atoms with E-state index in [1.807, 2.05) is 0 Å². The van der Waals surface area contributed by atoms with Crippen LogP contribution in [0.3, 0.4) is 0 Å². The van der Waals surface area contributed by atoms with Crippen LogP contribution in [0.15, 0.2) is 47.1 Å². The molecule has 2 N–H and O–H groups in total. The Kier molecular flexibility index (Phi) is 4.75. The zero-order valence-electron chi connectivity index (χ0n) is 13.6. The van der Waals surface area contributed by atoms with Gasteiger partial charge in [-0.05, 0) is 24.3 Å². The van der Waals surface area contributed by atoms with Crippen LogP contribution in [0, 0.1) is 0 Å². The average molecular weight is 362 g/mol. The van der Waals surface area contributed by atoms with Crippen LogP contribution in [0.4, 0.5) is 0 Å². The van der Waals surface area contributed by atoms with E-state index in [1.165, 1.54) is 6.26 Å². The molecule has 2 aromatic rings. The summed E-state index contributed by atoms with van der Waals surface area (Å²) >= 11 is 0. The van der Waals surface area contributed by atoms with Gasteiger partial charge >= 0.3 is 0 Å². The standard InChI is InChI=1S/C18H18O8/c19-8-10-4-1-2-5-11(10)24-18-15(21)14(20)16-13(25-18)9-23-17(26-16)12-6-3-7-22-12/h1-8,13-18,20-21H,9H2. The van der Waals surface area contributed by atoms with Crippen LogP contribution < -0.4 is 4.74 Å². The number of ether oxygens (including phenoxy) is 4. The summed E-state index contributed by atoms with van der Waals surface area (Å²) in [5.41, 5.74) is 0.314.